The Morgan fingerprint density at radius 1 is 1.29 bits per heavy atom. The van der Waals surface area contributed by atoms with Gasteiger partial charge in [-0.1, -0.05) is 34.0 Å². The minimum atomic E-state index is -0.115. The second-order valence-corrected chi connectivity index (χ2v) is 3.31. The summed E-state index contributed by atoms with van der Waals surface area (Å²) in [4.78, 5) is 0. The number of guanidine groups is 1. The molecule has 0 spiro atoms. The number of halogens is 2. The number of nitrogens with two attached hydrogens (primary N) is 2. The van der Waals surface area contributed by atoms with Gasteiger partial charge in [-0.25, -0.2) is 0 Å². The first-order valence-corrected chi connectivity index (χ1v) is 4.42. The van der Waals surface area contributed by atoms with Crippen molar-refractivity contribution in [2.75, 3.05) is 0 Å². The van der Waals surface area contributed by atoms with Gasteiger partial charge in [-0.2, -0.15) is 0 Å². The Morgan fingerprint density at radius 2 is 1.79 bits per heavy atom. The van der Waals surface area contributed by atoms with Crippen molar-refractivity contribution < 1.29 is 4.68 Å². The summed E-state index contributed by atoms with van der Waals surface area (Å²) in [5.41, 5.74) is 10.8. The molecule has 0 atom stereocenters. The Bertz CT molecular complexity index is 376. The summed E-state index contributed by atoms with van der Waals surface area (Å²) < 4.78 is 1.18. The average molecular weight is 232 g/mol. The standard InChI is InChI=1S/C8H9Cl2N4/c1-14(13-8(11)12)7-5(9)3-2-4-6(7)10/h2-4H,1H2,(H4,11,12,13)/q+1. The summed E-state index contributed by atoms with van der Waals surface area (Å²) >= 11 is 11.8. The number of benzene rings is 1. The summed E-state index contributed by atoms with van der Waals surface area (Å²) in [7, 11) is 0. The fourth-order valence-electron chi connectivity index (χ4n) is 0.925. The van der Waals surface area contributed by atoms with Gasteiger partial charge in [-0.15, -0.1) is 0 Å². The zero-order chi connectivity index (χ0) is 10.7. The van der Waals surface area contributed by atoms with Gasteiger partial charge in [0.15, 0.2) is 6.72 Å². The number of hydrazone groups is 1. The van der Waals surface area contributed by atoms with Crippen LogP contribution in [0.15, 0.2) is 23.3 Å². The highest BCUT2D eigenvalue weighted by Crippen LogP contribution is 2.31. The maximum atomic E-state index is 5.89. The minimum Gasteiger partial charge on any atom is -0.365 e. The molecular weight excluding hydrogens is 223 g/mol. The summed E-state index contributed by atoms with van der Waals surface area (Å²) in [6, 6.07) is 5.06. The van der Waals surface area contributed by atoms with Crippen LogP contribution in [0, 0.1) is 0 Å². The summed E-state index contributed by atoms with van der Waals surface area (Å²) in [5.74, 6) is -0.115. The van der Waals surface area contributed by atoms with Gasteiger partial charge < -0.3 is 11.5 Å². The molecule has 0 aliphatic rings. The first-order valence-electron chi connectivity index (χ1n) is 3.66. The van der Waals surface area contributed by atoms with Gasteiger partial charge in [0.05, 0.1) is 0 Å². The molecule has 14 heavy (non-hydrogen) atoms. The predicted octanol–water partition coefficient (Wildman–Crippen LogP) is 1.53. The van der Waals surface area contributed by atoms with Crippen molar-refractivity contribution in [3.8, 4) is 0 Å². The molecule has 0 heterocycles. The highest BCUT2D eigenvalue weighted by atomic mass is 35.5. The van der Waals surface area contributed by atoms with Gasteiger partial charge in [-0.05, 0) is 12.1 Å². The maximum absolute atomic E-state index is 5.89. The van der Waals surface area contributed by atoms with Crippen LogP contribution in [-0.4, -0.2) is 17.4 Å². The topological polar surface area (TPSA) is 67.4 Å². The normalized spacial score (nSPS) is 9.57. The average Bonchev–Trinajstić information content (AvgIpc) is 2.01. The molecule has 0 aliphatic heterocycles. The summed E-state index contributed by atoms with van der Waals surface area (Å²) in [5, 5.41) is 4.55. The molecule has 0 fully saturated rings. The van der Waals surface area contributed by atoms with Crippen molar-refractivity contribution in [2.45, 2.75) is 0 Å². The van der Waals surface area contributed by atoms with Crippen molar-refractivity contribution in [3.63, 3.8) is 0 Å². The molecule has 1 rings (SSSR count). The Labute approximate surface area is 91.4 Å². The van der Waals surface area contributed by atoms with Gasteiger partial charge in [0.1, 0.15) is 10.0 Å². The summed E-state index contributed by atoms with van der Waals surface area (Å²) in [6.07, 6.45) is 0. The quantitative estimate of drug-likeness (QED) is 0.351. The van der Waals surface area contributed by atoms with E-state index in [4.69, 9.17) is 34.7 Å². The SMILES string of the molecule is C=[N+](N=C(N)N)c1c(Cl)cccc1Cl. The molecule has 74 valence electrons. The van der Waals surface area contributed by atoms with Crippen LogP contribution in [0.4, 0.5) is 5.69 Å². The first-order chi connectivity index (χ1) is 6.52. The van der Waals surface area contributed by atoms with Crippen molar-refractivity contribution in [1.82, 2.24) is 0 Å². The van der Waals surface area contributed by atoms with E-state index in [9.17, 15) is 0 Å². The number of hydrogen-bond acceptors (Lipinski definition) is 1. The van der Waals surface area contributed by atoms with Crippen LogP contribution < -0.4 is 11.5 Å². The molecule has 0 saturated carbocycles. The molecule has 0 aromatic heterocycles. The predicted molar refractivity (Wildman–Crippen MR) is 59.3 cm³/mol. The lowest BCUT2D eigenvalue weighted by Crippen LogP contribution is -2.24. The van der Waals surface area contributed by atoms with Crippen LogP contribution in [0.2, 0.25) is 10.0 Å². The second kappa shape index (κ2) is 4.30. The van der Waals surface area contributed by atoms with Crippen LogP contribution in [0.1, 0.15) is 0 Å². The number of hydrogen-bond donors (Lipinski definition) is 2. The number of para-hydroxylation sites is 1. The Kier molecular flexibility index (Phi) is 3.33. The van der Waals surface area contributed by atoms with Crippen LogP contribution in [0.5, 0.6) is 0 Å². The van der Waals surface area contributed by atoms with Gasteiger partial charge in [0, 0.05) is 5.10 Å². The molecular formula is C8H9Cl2N4+. The fourth-order valence-corrected chi connectivity index (χ4v) is 1.52. The van der Waals surface area contributed by atoms with Crippen LogP contribution in [0.3, 0.4) is 0 Å². The molecule has 4 nitrogen and oxygen atoms in total. The lowest BCUT2D eigenvalue weighted by atomic mass is 10.3. The molecule has 0 saturated heterocycles. The van der Waals surface area contributed by atoms with Gasteiger partial charge in [-0.3, -0.25) is 0 Å². The van der Waals surface area contributed by atoms with E-state index in [-0.39, 0.29) is 5.96 Å². The lowest BCUT2D eigenvalue weighted by Gasteiger charge is -1.98. The Morgan fingerprint density at radius 3 is 2.21 bits per heavy atom. The van der Waals surface area contributed by atoms with Crippen molar-refractivity contribution in [1.29, 1.82) is 0 Å². The molecule has 0 unspecified atom stereocenters. The van der Waals surface area contributed by atoms with Gasteiger partial charge in [0.25, 0.3) is 11.6 Å². The first kappa shape index (κ1) is 10.8. The highest BCUT2D eigenvalue weighted by molar-refractivity contribution is 6.38. The maximum Gasteiger partial charge on any atom is 0.274 e. The second-order valence-electron chi connectivity index (χ2n) is 2.49. The highest BCUT2D eigenvalue weighted by Gasteiger charge is 2.16. The van der Waals surface area contributed by atoms with E-state index in [0.717, 1.165) is 0 Å². The van der Waals surface area contributed by atoms with E-state index in [1.54, 1.807) is 18.2 Å². The number of rotatable bonds is 2. The zero-order valence-electron chi connectivity index (χ0n) is 7.24. The van der Waals surface area contributed by atoms with E-state index >= 15 is 0 Å². The Hall–Kier alpha value is -1.26. The van der Waals surface area contributed by atoms with E-state index in [2.05, 4.69) is 11.8 Å². The van der Waals surface area contributed by atoms with Crippen LogP contribution >= 0.6 is 23.2 Å². The van der Waals surface area contributed by atoms with Crippen molar-refractivity contribution >= 4 is 41.6 Å². The molecule has 0 aliphatic carbocycles. The third kappa shape index (κ3) is 2.37. The zero-order valence-corrected chi connectivity index (χ0v) is 8.76. The number of nitrogens with zero attached hydrogens (tertiary/aromatic N) is 2. The monoisotopic (exact) mass is 231 g/mol. The van der Waals surface area contributed by atoms with E-state index in [1.165, 1.54) is 4.68 Å². The molecule has 4 N–H and O–H groups in total. The van der Waals surface area contributed by atoms with E-state index in [0.29, 0.717) is 15.7 Å². The summed E-state index contributed by atoms with van der Waals surface area (Å²) in [6.45, 7) is 3.59. The molecule has 1 aromatic carbocycles. The molecule has 0 radical (unpaired) electrons. The third-order valence-electron chi connectivity index (χ3n) is 1.43. The Balaban J connectivity index is 3.19. The fraction of sp³-hybridized carbons (Fsp3) is 0. The van der Waals surface area contributed by atoms with E-state index in [1.807, 2.05) is 0 Å². The molecule has 0 amide bonds. The van der Waals surface area contributed by atoms with Crippen molar-refractivity contribution in [3.05, 3.63) is 28.2 Å². The lowest BCUT2D eigenvalue weighted by molar-refractivity contribution is -0.435. The van der Waals surface area contributed by atoms with Gasteiger partial charge >= 0.3 is 0 Å². The van der Waals surface area contributed by atoms with Gasteiger partial charge in [0.2, 0.25) is 0 Å². The van der Waals surface area contributed by atoms with E-state index < -0.39 is 0 Å². The largest absolute Gasteiger partial charge is 0.365 e. The third-order valence-corrected chi connectivity index (χ3v) is 2.04. The molecule has 1 aromatic rings. The molecule has 0 bridgehead atoms. The van der Waals surface area contributed by atoms with Crippen LogP contribution in [-0.2, 0) is 0 Å². The van der Waals surface area contributed by atoms with Crippen molar-refractivity contribution in [2.24, 2.45) is 16.6 Å². The molecule has 6 heteroatoms. The van der Waals surface area contributed by atoms with Crippen LogP contribution in [0.25, 0.3) is 0 Å². The smallest absolute Gasteiger partial charge is 0.274 e. The minimum absolute atomic E-state index is 0.115.